The van der Waals surface area contributed by atoms with Crippen molar-refractivity contribution in [2.75, 3.05) is 49.3 Å². The number of hydrogen-bond acceptors (Lipinski definition) is 10. The van der Waals surface area contributed by atoms with Gasteiger partial charge in [-0.2, -0.15) is 0 Å². The van der Waals surface area contributed by atoms with Crippen LogP contribution in [0.4, 0.5) is 26.0 Å². The summed E-state index contributed by atoms with van der Waals surface area (Å²) in [6.07, 6.45) is 2.87. The molecule has 1 saturated heterocycles. The molecule has 1 aliphatic heterocycles. The zero-order valence-corrected chi connectivity index (χ0v) is 22.7. The lowest BCUT2D eigenvalue weighted by atomic mass is 10.0. The first-order chi connectivity index (χ1) is 20.7. The number of anilines is 3. The number of aromatic nitrogens is 2. The molecule has 2 fully saturated rings. The van der Waals surface area contributed by atoms with E-state index in [1.807, 2.05) is 0 Å². The molecular formula is C28H27F2N7O6. The summed E-state index contributed by atoms with van der Waals surface area (Å²) in [5, 5.41) is 8.92. The molecule has 0 bridgehead atoms. The molecule has 2 aliphatic rings. The Kier molecular flexibility index (Phi) is 8.71. The number of nitrogens with zero attached hydrogens (tertiary/aromatic N) is 4. The van der Waals surface area contributed by atoms with Gasteiger partial charge >= 0.3 is 0 Å². The number of carbonyl (C=O) groups is 3. The second-order valence-electron chi connectivity index (χ2n) is 9.72. The minimum atomic E-state index is -1.32. The Morgan fingerprint density at radius 1 is 1.02 bits per heavy atom. The quantitative estimate of drug-likeness (QED) is 0.181. The number of carbonyl (C=O) groups excluding carboxylic acids is 3. The van der Waals surface area contributed by atoms with Crippen molar-refractivity contribution in [1.82, 2.24) is 14.9 Å². The van der Waals surface area contributed by atoms with Crippen molar-refractivity contribution in [3.8, 4) is 11.6 Å². The average molecular weight is 596 g/mol. The summed E-state index contributed by atoms with van der Waals surface area (Å²) in [6.45, 7) is 1.52. The van der Waals surface area contributed by atoms with E-state index in [2.05, 4.69) is 25.8 Å². The first kappa shape index (κ1) is 29.3. The van der Waals surface area contributed by atoms with E-state index < -0.39 is 28.9 Å². The van der Waals surface area contributed by atoms with Gasteiger partial charge < -0.3 is 35.6 Å². The van der Waals surface area contributed by atoms with Crippen LogP contribution in [0.15, 0.2) is 53.9 Å². The zero-order valence-electron chi connectivity index (χ0n) is 22.7. The van der Waals surface area contributed by atoms with E-state index in [4.69, 9.17) is 20.0 Å². The van der Waals surface area contributed by atoms with E-state index in [9.17, 15) is 18.8 Å². The van der Waals surface area contributed by atoms with E-state index in [1.54, 1.807) is 4.90 Å². The molecule has 2 aromatic carbocycles. The van der Waals surface area contributed by atoms with Crippen LogP contribution in [-0.4, -0.2) is 71.7 Å². The van der Waals surface area contributed by atoms with Crippen LogP contribution in [0.1, 0.15) is 18.4 Å². The highest BCUT2D eigenvalue weighted by Gasteiger charge is 2.56. The van der Waals surface area contributed by atoms with Crippen molar-refractivity contribution in [2.24, 2.45) is 10.6 Å². The molecule has 15 heteroatoms. The number of nitrogens with one attached hydrogen (secondary N) is 2. The van der Waals surface area contributed by atoms with Crippen LogP contribution < -0.4 is 21.1 Å². The fourth-order valence-electron chi connectivity index (χ4n) is 4.16. The summed E-state index contributed by atoms with van der Waals surface area (Å²) < 4.78 is 39.0. The SMILES string of the molecule is Nc1ncnc(Oc2ccc(NC(=O)C3(C(=O)Nc4ccc(F)cc4)CC3)cc2F)c1/C=N/OCC(=O)N1CCOCC1. The van der Waals surface area contributed by atoms with Crippen molar-refractivity contribution in [3.05, 3.63) is 66.0 Å². The molecule has 0 spiro atoms. The van der Waals surface area contributed by atoms with Gasteiger partial charge in [-0.1, -0.05) is 5.16 Å². The molecule has 3 amide bonds. The molecule has 0 unspecified atom stereocenters. The molecule has 0 radical (unpaired) electrons. The first-order valence-corrected chi connectivity index (χ1v) is 13.2. The molecule has 43 heavy (non-hydrogen) atoms. The number of nitrogen functional groups attached to an aromatic ring is 1. The topological polar surface area (TPSA) is 170 Å². The largest absolute Gasteiger partial charge is 0.435 e. The van der Waals surface area contributed by atoms with Gasteiger partial charge in [0.2, 0.25) is 17.7 Å². The van der Waals surface area contributed by atoms with Crippen molar-refractivity contribution in [3.63, 3.8) is 0 Å². The Labute approximate surface area is 244 Å². The molecular weight excluding hydrogens is 568 g/mol. The normalized spacial score (nSPS) is 15.5. The zero-order chi connectivity index (χ0) is 30.4. The predicted octanol–water partition coefficient (Wildman–Crippen LogP) is 2.70. The van der Waals surface area contributed by atoms with Crippen molar-refractivity contribution in [1.29, 1.82) is 0 Å². The van der Waals surface area contributed by atoms with E-state index in [0.717, 1.165) is 18.6 Å². The summed E-state index contributed by atoms with van der Waals surface area (Å²) in [5.41, 5.74) is 5.13. The average Bonchev–Trinajstić information content (AvgIpc) is 3.82. The number of benzene rings is 2. The second-order valence-corrected chi connectivity index (χ2v) is 9.72. The van der Waals surface area contributed by atoms with Gasteiger partial charge in [-0.3, -0.25) is 14.4 Å². The monoisotopic (exact) mass is 595 g/mol. The smallest absolute Gasteiger partial charge is 0.263 e. The molecule has 224 valence electrons. The van der Waals surface area contributed by atoms with Crippen molar-refractivity contribution >= 4 is 41.1 Å². The summed E-state index contributed by atoms with van der Waals surface area (Å²) >= 11 is 0. The van der Waals surface area contributed by atoms with Gasteiger partial charge in [0.15, 0.2) is 18.2 Å². The number of oxime groups is 1. The molecule has 13 nitrogen and oxygen atoms in total. The minimum absolute atomic E-state index is 0.0326. The van der Waals surface area contributed by atoms with Gasteiger partial charge in [0, 0.05) is 30.5 Å². The van der Waals surface area contributed by atoms with Gasteiger partial charge in [-0.15, -0.1) is 0 Å². The third-order valence-electron chi connectivity index (χ3n) is 6.80. The third kappa shape index (κ3) is 7.01. The van der Waals surface area contributed by atoms with Crippen LogP contribution in [0.5, 0.6) is 11.6 Å². The molecule has 5 rings (SSSR count). The molecule has 3 aromatic rings. The Morgan fingerprint density at radius 2 is 1.70 bits per heavy atom. The number of hydrogen-bond donors (Lipinski definition) is 3. The number of ether oxygens (including phenoxy) is 2. The minimum Gasteiger partial charge on any atom is -0.435 e. The van der Waals surface area contributed by atoms with Crippen LogP contribution in [0.3, 0.4) is 0 Å². The van der Waals surface area contributed by atoms with Crippen LogP contribution in [-0.2, 0) is 24.0 Å². The highest BCUT2D eigenvalue weighted by molar-refractivity contribution is 6.16. The Hall–Kier alpha value is -5.18. The second kappa shape index (κ2) is 12.8. The van der Waals surface area contributed by atoms with E-state index in [-0.39, 0.29) is 41.2 Å². The number of amides is 3. The van der Waals surface area contributed by atoms with Gasteiger partial charge in [0.25, 0.3) is 5.91 Å². The fourth-order valence-corrected chi connectivity index (χ4v) is 4.16. The van der Waals surface area contributed by atoms with E-state index >= 15 is 4.39 Å². The van der Waals surface area contributed by atoms with Crippen LogP contribution >= 0.6 is 0 Å². The summed E-state index contributed by atoms with van der Waals surface area (Å²) in [6, 6.07) is 8.84. The maximum atomic E-state index is 15.0. The van der Waals surface area contributed by atoms with E-state index in [0.29, 0.717) is 44.8 Å². The molecule has 1 saturated carbocycles. The summed E-state index contributed by atoms with van der Waals surface area (Å²) in [7, 11) is 0. The highest BCUT2D eigenvalue weighted by Crippen LogP contribution is 2.47. The van der Waals surface area contributed by atoms with Gasteiger partial charge in [0.05, 0.1) is 19.4 Å². The summed E-state index contributed by atoms with van der Waals surface area (Å²) in [4.78, 5) is 52.4. The van der Waals surface area contributed by atoms with Crippen molar-refractivity contribution in [2.45, 2.75) is 12.8 Å². The van der Waals surface area contributed by atoms with Gasteiger partial charge in [-0.05, 0) is 49.2 Å². The van der Waals surface area contributed by atoms with E-state index in [1.165, 1.54) is 36.4 Å². The summed E-state index contributed by atoms with van der Waals surface area (Å²) in [5.74, 6) is -3.11. The number of morpholine rings is 1. The van der Waals surface area contributed by atoms with Crippen LogP contribution in [0.2, 0.25) is 0 Å². The molecule has 1 aromatic heterocycles. The maximum absolute atomic E-state index is 15.0. The standard InChI is InChI=1S/C28H27F2N7O6/c29-17-1-3-18(4-2-17)35-26(39)28(7-8-28)27(40)36-19-5-6-22(21(30)13-19)43-25-20(24(31)32-16-33-25)14-34-42-15-23(38)37-9-11-41-12-10-37/h1-6,13-14,16H,7-12,15H2,(H,35,39)(H,36,40)(H2,31,32,33)/b34-14+. The lowest BCUT2D eigenvalue weighted by molar-refractivity contribution is -0.140. The van der Waals surface area contributed by atoms with Crippen LogP contribution in [0, 0.1) is 17.0 Å². The number of nitrogens with two attached hydrogens (primary N) is 1. The Bertz CT molecular complexity index is 1540. The molecule has 0 atom stereocenters. The Balaban J connectivity index is 1.20. The first-order valence-electron chi connectivity index (χ1n) is 13.2. The molecule has 2 heterocycles. The molecule has 1 aliphatic carbocycles. The van der Waals surface area contributed by atoms with Crippen LogP contribution in [0.25, 0.3) is 0 Å². The lowest BCUT2D eigenvalue weighted by Gasteiger charge is -2.26. The number of halogens is 2. The highest BCUT2D eigenvalue weighted by atomic mass is 19.1. The Morgan fingerprint density at radius 3 is 2.37 bits per heavy atom. The number of rotatable bonds is 10. The third-order valence-corrected chi connectivity index (χ3v) is 6.80. The fraction of sp³-hybridized carbons (Fsp3) is 0.286. The van der Waals surface area contributed by atoms with Gasteiger partial charge in [-0.25, -0.2) is 18.7 Å². The maximum Gasteiger partial charge on any atom is 0.263 e. The predicted molar refractivity (Wildman–Crippen MR) is 149 cm³/mol. The van der Waals surface area contributed by atoms with Gasteiger partial charge in [0.1, 0.15) is 28.9 Å². The lowest BCUT2D eigenvalue weighted by Crippen LogP contribution is -2.42. The molecule has 4 N–H and O–H groups in total. The van der Waals surface area contributed by atoms with Crippen molar-refractivity contribution < 1.29 is 37.5 Å².